The van der Waals surface area contributed by atoms with Crippen molar-refractivity contribution >= 4 is 20.5 Å². The van der Waals surface area contributed by atoms with Crippen LogP contribution < -0.4 is 0 Å². The van der Waals surface area contributed by atoms with Crippen LogP contribution in [-0.4, -0.2) is 58.9 Å². The molecule has 0 bridgehead atoms. The van der Waals surface area contributed by atoms with Crippen molar-refractivity contribution in [3.8, 4) is 6.07 Å². The Morgan fingerprint density at radius 1 is 1.29 bits per heavy atom. The van der Waals surface area contributed by atoms with E-state index in [1.165, 1.54) is 13.8 Å². The molecule has 1 aliphatic rings. The summed E-state index contributed by atoms with van der Waals surface area (Å²) in [5.41, 5.74) is 0. The molecule has 0 aromatic heterocycles. The molecule has 1 saturated heterocycles. The molecule has 10 heteroatoms. The van der Waals surface area contributed by atoms with Gasteiger partial charge in [0, 0.05) is 25.4 Å². The topological polar surface area (TPSA) is 118 Å². The normalized spacial score (nSPS) is 24.4. The third kappa shape index (κ3) is 7.26. The Hall–Kier alpha value is -1.30. The van der Waals surface area contributed by atoms with E-state index in [0.29, 0.717) is 0 Å². The molecule has 0 spiro atoms. The molecule has 0 saturated carbocycles. The van der Waals surface area contributed by atoms with Gasteiger partial charge in [-0.25, -0.2) is 4.67 Å². The molecule has 5 unspecified atom stereocenters. The Kier molecular flexibility index (Phi) is 10.3. The number of carbonyl (C=O) groups is 2. The molecule has 0 radical (unpaired) electrons. The van der Waals surface area contributed by atoms with Gasteiger partial charge in [0.05, 0.1) is 31.1 Å². The number of carboxylic acid groups (broad SMARTS) is 1. The Balaban J connectivity index is 3.03. The fraction of sp³-hybridized carbons (Fsp3) is 0.833. The third-order valence-electron chi connectivity index (χ3n) is 4.17. The van der Waals surface area contributed by atoms with Crippen LogP contribution in [0.4, 0.5) is 0 Å². The van der Waals surface area contributed by atoms with Crippen LogP contribution in [0.5, 0.6) is 0 Å². The summed E-state index contributed by atoms with van der Waals surface area (Å²) in [5.74, 6) is -2.39. The van der Waals surface area contributed by atoms with Gasteiger partial charge < -0.3 is 23.6 Å². The molecule has 0 aromatic rings. The summed E-state index contributed by atoms with van der Waals surface area (Å²) in [4.78, 5) is 22.8. The highest BCUT2D eigenvalue weighted by Gasteiger charge is 2.45. The van der Waals surface area contributed by atoms with E-state index in [0.717, 1.165) is 0 Å². The van der Waals surface area contributed by atoms with E-state index in [1.807, 2.05) is 38.4 Å². The van der Waals surface area contributed by atoms with Gasteiger partial charge in [0.2, 0.25) is 6.29 Å². The van der Waals surface area contributed by atoms with Crippen molar-refractivity contribution in [2.45, 2.75) is 85.0 Å². The van der Waals surface area contributed by atoms with Crippen LogP contribution in [0.1, 0.15) is 54.4 Å². The lowest BCUT2D eigenvalue weighted by molar-refractivity contribution is -0.178. The van der Waals surface area contributed by atoms with Gasteiger partial charge in [-0.2, -0.15) is 5.26 Å². The van der Waals surface area contributed by atoms with E-state index in [4.69, 9.17) is 23.8 Å². The first-order chi connectivity index (χ1) is 13.1. The predicted molar refractivity (Wildman–Crippen MR) is 102 cm³/mol. The second kappa shape index (κ2) is 11.6. The van der Waals surface area contributed by atoms with Gasteiger partial charge in [0.1, 0.15) is 6.10 Å². The quantitative estimate of drug-likeness (QED) is 0.307. The molecular formula is C18H31N2O7P. The number of hydrogen-bond donors (Lipinski definition) is 1. The minimum absolute atomic E-state index is 0.107. The molecule has 0 amide bonds. The van der Waals surface area contributed by atoms with Crippen LogP contribution in [0.15, 0.2) is 0 Å². The molecule has 160 valence electrons. The van der Waals surface area contributed by atoms with E-state index >= 15 is 0 Å². The summed E-state index contributed by atoms with van der Waals surface area (Å²) in [6.07, 6.45) is -1.84. The SMILES string of the molecule is CC(=O)OC1CC(OP(OCCC#N)N(C(C)C)C(C)C)C(C(C)C(=O)O)O1. The standard InChI is InChI=1S/C18H31N2O7P/c1-11(2)20(12(3)4)28(24-9-7-8-19)27-15-10-16(25-14(6)21)26-17(15)13(5)18(22)23/h11-13,15-17H,7,9-10H2,1-6H3,(H,22,23). The van der Waals surface area contributed by atoms with E-state index in [1.54, 1.807) is 0 Å². The summed E-state index contributed by atoms with van der Waals surface area (Å²) in [7, 11) is -1.57. The van der Waals surface area contributed by atoms with Gasteiger partial charge in [-0.1, -0.05) is 0 Å². The Labute approximate surface area is 167 Å². The number of nitriles is 1. The monoisotopic (exact) mass is 418 g/mol. The summed E-state index contributed by atoms with van der Waals surface area (Å²) in [5, 5.41) is 18.2. The second-order valence-corrected chi connectivity index (χ2v) is 8.60. The van der Waals surface area contributed by atoms with Crippen LogP contribution in [0, 0.1) is 17.2 Å². The van der Waals surface area contributed by atoms with Gasteiger partial charge in [0.15, 0.2) is 0 Å². The van der Waals surface area contributed by atoms with Crippen molar-refractivity contribution in [1.82, 2.24) is 4.67 Å². The molecule has 5 atom stereocenters. The number of rotatable bonds is 11. The van der Waals surface area contributed by atoms with Crippen LogP contribution in [0.25, 0.3) is 0 Å². The summed E-state index contributed by atoms with van der Waals surface area (Å²) in [6.45, 7) is 11.0. The van der Waals surface area contributed by atoms with E-state index in [9.17, 15) is 14.7 Å². The molecule has 1 fully saturated rings. The van der Waals surface area contributed by atoms with E-state index in [-0.39, 0.29) is 31.5 Å². The van der Waals surface area contributed by atoms with Crippen molar-refractivity contribution in [2.75, 3.05) is 6.61 Å². The zero-order valence-electron chi connectivity index (χ0n) is 17.3. The highest BCUT2D eigenvalue weighted by molar-refractivity contribution is 7.44. The smallest absolute Gasteiger partial charge is 0.308 e. The summed E-state index contributed by atoms with van der Waals surface area (Å²) < 4.78 is 24.9. The first kappa shape index (κ1) is 24.7. The van der Waals surface area contributed by atoms with Gasteiger partial charge in [-0.15, -0.1) is 0 Å². The molecule has 1 aliphatic heterocycles. The summed E-state index contributed by atoms with van der Waals surface area (Å²) in [6, 6.07) is 2.25. The zero-order valence-corrected chi connectivity index (χ0v) is 18.2. The maximum Gasteiger partial charge on any atom is 0.308 e. The lowest BCUT2D eigenvalue weighted by atomic mass is 10.0. The van der Waals surface area contributed by atoms with Crippen LogP contribution in [0.2, 0.25) is 0 Å². The molecule has 1 heterocycles. The molecule has 1 rings (SSSR count). The maximum absolute atomic E-state index is 11.5. The molecule has 0 aliphatic carbocycles. The molecule has 28 heavy (non-hydrogen) atoms. The second-order valence-electron chi connectivity index (χ2n) is 7.19. The van der Waals surface area contributed by atoms with Crippen LogP contribution in [-0.2, 0) is 28.1 Å². The van der Waals surface area contributed by atoms with Crippen molar-refractivity contribution in [1.29, 1.82) is 5.26 Å². The number of ether oxygens (including phenoxy) is 2. The van der Waals surface area contributed by atoms with Crippen molar-refractivity contribution in [3.63, 3.8) is 0 Å². The van der Waals surface area contributed by atoms with Gasteiger partial charge in [-0.05, 0) is 34.6 Å². The number of nitrogens with zero attached hydrogens (tertiary/aromatic N) is 2. The van der Waals surface area contributed by atoms with Gasteiger partial charge in [0.25, 0.3) is 8.53 Å². The van der Waals surface area contributed by atoms with Crippen molar-refractivity contribution < 1.29 is 33.2 Å². The number of aliphatic carboxylic acids is 1. The van der Waals surface area contributed by atoms with E-state index in [2.05, 4.69) is 0 Å². The third-order valence-corrected chi connectivity index (χ3v) is 6.32. The summed E-state index contributed by atoms with van der Waals surface area (Å²) >= 11 is 0. The van der Waals surface area contributed by atoms with Crippen molar-refractivity contribution in [3.05, 3.63) is 0 Å². The predicted octanol–water partition coefficient (Wildman–Crippen LogP) is 3.05. The molecular weight excluding hydrogens is 387 g/mol. The average molecular weight is 418 g/mol. The Morgan fingerprint density at radius 2 is 1.89 bits per heavy atom. The van der Waals surface area contributed by atoms with Crippen molar-refractivity contribution in [2.24, 2.45) is 5.92 Å². The first-order valence-corrected chi connectivity index (χ1v) is 10.5. The van der Waals surface area contributed by atoms with E-state index < -0.39 is 44.9 Å². The lowest BCUT2D eigenvalue weighted by Gasteiger charge is -2.37. The number of carbonyl (C=O) groups excluding carboxylic acids is 1. The number of carboxylic acids is 1. The number of esters is 1. The Bertz CT molecular complexity index is 559. The van der Waals surface area contributed by atoms with Gasteiger partial charge in [-0.3, -0.25) is 9.59 Å². The van der Waals surface area contributed by atoms with Crippen LogP contribution in [0.3, 0.4) is 0 Å². The fourth-order valence-electron chi connectivity index (χ4n) is 3.00. The first-order valence-electron chi connectivity index (χ1n) is 9.38. The fourth-order valence-corrected chi connectivity index (χ4v) is 4.74. The van der Waals surface area contributed by atoms with Gasteiger partial charge >= 0.3 is 11.9 Å². The highest BCUT2D eigenvalue weighted by atomic mass is 31.2. The molecule has 0 aromatic carbocycles. The van der Waals surface area contributed by atoms with Crippen LogP contribution >= 0.6 is 8.53 Å². The largest absolute Gasteiger partial charge is 0.481 e. The minimum atomic E-state index is -1.57. The minimum Gasteiger partial charge on any atom is -0.481 e. The molecule has 1 N–H and O–H groups in total. The number of hydrogen-bond acceptors (Lipinski definition) is 8. The zero-order chi connectivity index (χ0) is 21.4. The lowest BCUT2D eigenvalue weighted by Crippen LogP contribution is -2.38. The Morgan fingerprint density at radius 3 is 2.36 bits per heavy atom. The maximum atomic E-state index is 11.5. The average Bonchev–Trinajstić information content (AvgIpc) is 2.94. The highest BCUT2D eigenvalue weighted by Crippen LogP contribution is 2.49. The molecule has 9 nitrogen and oxygen atoms in total.